The van der Waals surface area contributed by atoms with Crippen molar-refractivity contribution in [3.05, 3.63) is 59.2 Å². The van der Waals surface area contributed by atoms with E-state index in [-0.39, 0.29) is 5.92 Å². The van der Waals surface area contributed by atoms with Gasteiger partial charge in [0.05, 0.1) is 5.56 Å². The summed E-state index contributed by atoms with van der Waals surface area (Å²) in [5.74, 6) is 1.56. The first kappa shape index (κ1) is 21.5. The van der Waals surface area contributed by atoms with Crippen molar-refractivity contribution < 1.29 is 22.6 Å². The van der Waals surface area contributed by atoms with Crippen LogP contribution in [-0.4, -0.2) is 37.7 Å². The normalized spacial score (nSPS) is 18.3. The van der Waals surface area contributed by atoms with Crippen molar-refractivity contribution in [3.63, 3.8) is 0 Å². The number of hydrogen-bond donors (Lipinski definition) is 0. The smallest absolute Gasteiger partial charge is 0.416 e. The molecule has 0 fully saturated rings. The summed E-state index contributed by atoms with van der Waals surface area (Å²) in [6, 6.07) is 11.4. The molecular weight excluding hydrogens is 379 g/mol. The van der Waals surface area contributed by atoms with Crippen LogP contribution in [-0.2, 0) is 12.6 Å². The second-order valence-electron chi connectivity index (χ2n) is 8.52. The molecule has 0 amide bonds. The van der Waals surface area contributed by atoms with Crippen LogP contribution in [0.15, 0.2) is 42.5 Å². The molecule has 0 saturated heterocycles. The van der Waals surface area contributed by atoms with Gasteiger partial charge in [-0.15, -0.1) is 0 Å². The number of benzene rings is 2. The molecule has 0 aromatic heterocycles. The van der Waals surface area contributed by atoms with Gasteiger partial charge < -0.3 is 14.4 Å². The molecule has 0 bridgehead atoms. The highest BCUT2D eigenvalue weighted by atomic mass is 19.4. The number of rotatable bonds is 6. The minimum atomic E-state index is -4.33. The topological polar surface area (TPSA) is 21.7 Å². The Morgan fingerprint density at radius 3 is 2.59 bits per heavy atom. The molecule has 0 radical (unpaired) electrons. The largest absolute Gasteiger partial charge is 0.492 e. The van der Waals surface area contributed by atoms with Gasteiger partial charge in [-0.25, -0.2) is 0 Å². The summed E-state index contributed by atoms with van der Waals surface area (Å²) in [5.41, 5.74) is 0.689. The van der Waals surface area contributed by atoms with E-state index in [4.69, 9.17) is 9.47 Å². The standard InChI is InChI=1S/C23H28F3NO2/c1-22(2)15-17(12-16-6-5-7-18(13-16)23(24,25)26)20-9-8-19(14-21(20)29-22)28-11-10-27(3)4/h5-9,13-14,17H,10-12,15H2,1-4H3. The number of fused-ring (bicyclic) bond motifs is 1. The van der Waals surface area contributed by atoms with Gasteiger partial charge in [-0.1, -0.05) is 24.3 Å². The van der Waals surface area contributed by atoms with Crippen molar-refractivity contribution in [1.29, 1.82) is 0 Å². The van der Waals surface area contributed by atoms with Crippen molar-refractivity contribution in [2.45, 2.75) is 44.4 Å². The van der Waals surface area contributed by atoms with Crippen LogP contribution in [0.3, 0.4) is 0 Å². The van der Waals surface area contributed by atoms with E-state index >= 15 is 0 Å². The first-order valence-electron chi connectivity index (χ1n) is 9.80. The maximum Gasteiger partial charge on any atom is 0.416 e. The zero-order valence-corrected chi connectivity index (χ0v) is 17.3. The Morgan fingerprint density at radius 1 is 1.14 bits per heavy atom. The molecule has 29 heavy (non-hydrogen) atoms. The van der Waals surface area contributed by atoms with E-state index in [0.29, 0.717) is 18.6 Å². The van der Waals surface area contributed by atoms with Crippen molar-refractivity contribution in [3.8, 4) is 11.5 Å². The molecule has 2 aromatic rings. The monoisotopic (exact) mass is 407 g/mol. The molecule has 3 nitrogen and oxygen atoms in total. The van der Waals surface area contributed by atoms with Gasteiger partial charge in [0.1, 0.15) is 23.7 Å². The summed E-state index contributed by atoms with van der Waals surface area (Å²) in [7, 11) is 3.97. The molecule has 1 heterocycles. The molecule has 0 aliphatic carbocycles. The molecule has 1 atom stereocenters. The molecule has 2 aromatic carbocycles. The van der Waals surface area contributed by atoms with E-state index in [1.54, 1.807) is 6.07 Å². The fourth-order valence-electron chi connectivity index (χ4n) is 3.76. The van der Waals surface area contributed by atoms with Gasteiger partial charge in [0.15, 0.2) is 0 Å². The minimum absolute atomic E-state index is 0.0769. The zero-order chi connectivity index (χ0) is 21.2. The molecule has 0 saturated carbocycles. The molecule has 0 N–H and O–H groups in total. The summed E-state index contributed by atoms with van der Waals surface area (Å²) < 4.78 is 51.2. The van der Waals surface area contributed by atoms with Gasteiger partial charge in [-0.05, 0) is 70.0 Å². The van der Waals surface area contributed by atoms with Crippen LogP contribution < -0.4 is 9.47 Å². The number of likely N-dealkylation sites (N-methyl/N-ethyl adjacent to an activating group) is 1. The van der Waals surface area contributed by atoms with E-state index in [1.807, 2.05) is 51.0 Å². The highest BCUT2D eigenvalue weighted by Gasteiger charge is 2.35. The van der Waals surface area contributed by atoms with Gasteiger partial charge in [0.25, 0.3) is 0 Å². The van der Waals surface area contributed by atoms with Crippen LogP contribution in [0.1, 0.15) is 42.9 Å². The van der Waals surface area contributed by atoms with Crippen LogP contribution in [0.5, 0.6) is 11.5 Å². The maximum atomic E-state index is 13.1. The van der Waals surface area contributed by atoms with E-state index in [1.165, 1.54) is 12.1 Å². The number of alkyl halides is 3. The Balaban J connectivity index is 1.82. The van der Waals surface area contributed by atoms with Crippen molar-refractivity contribution in [1.82, 2.24) is 4.90 Å². The van der Waals surface area contributed by atoms with E-state index in [0.717, 1.165) is 36.1 Å². The lowest BCUT2D eigenvalue weighted by atomic mass is 9.80. The molecule has 3 rings (SSSR count). The van der Waals surface area contributed by atoms with Crippen LogP contribution in [0.25, 0.3) is 0 Å². The Labute approximate surface area is 170 Å². The van der Waals surface area contributed by atoms with E-state index in [2.05, 4.69) is 0 Å². The Morgan fingerprint density at radius 2 is 1.90 bits per heavy atom. The molecule has 1 aliphatic rings. The van der Waals surface area contributed by atoms with Gasteiger partial charge in [-0.3, -0.25) is 0 Å². The van der Waals surface area contributed by atoms with E-state index in [9.17, 15) is 13.2 Å². The summed E-state index contributed by atoms with van der Waals surface area (Å²) in [6.45, 7) is 5.40. The lowest BCUT2D eigenvalue weighted by molar-refractivity contribution is -0.137. The average Bonchev–Trinajstić information content (AvgIpc) is 2.59. The number of nitrogens with zero attached hydrogens (tertiary/aromatic N) is 1. The van der Waals surface area contributed by atoms with Gasteiger partial charge in [0, 0.05) is 12.6 Å². The lowest BCUT2D eigenvalue weighted by Gasteiger charge is -2.38. The predicted molar refractivity (Wildman–Crippen MR) is 108 cm³/mol. The average molecular weight is 407 g/mol. The fourth-order valence-corrected chi connectivity index (χ4v) is 3.76. The maximum absolute atomic E-state index is 13.1. The van der Waals surface area contributed by atoms with Crippen LogP contribution in [0.4, 0.5) is 13.2 Å². The lowest BCUT2D eigenvalue weighted by Crippen LogP contribution is -2.35. The third-order valence-corrected chi connectivity index (χ3v) is 5.09. The molecule has 158 valence electrons. The van der Waals surface area contributed by atoms with Crippen molar-refractivity contribution in [2.24, 2.45) is 0 Å². The van der Waals surface area contributed by atoms with Crippen LogP contribution >= 0.6 is 0 Å². The number of halogens is 3. The van der Waals surface area contributed by atoms with Crippen molar-refractivity contribution >= 4 is 0 Å². The second kappa shape index (κ2) is 8.27. The summed E-state index contributed by atoms with van der Waals surface area (Å²) in [6.07, 6.45) is -3.07. The summed E-state index contributed by atoms with van der Waals surface area (Å²) >= 11 is 0. The molecule has 1 unspecified atom stereocenters. The second-order valence-corrected chi connectivity index (χ2v) is 8.52. The fraction of sp³-hybridized carbons (Fsp3) is 0.478. The summed E-state index contributed by atoms with van der Waals surface area (Å²) in [5, 5.41) is 0. The number of hydrogen-bond acceptors (Lipinski definition) is 3. The Bertz CT molecular complexity index is 846. The van der Waals surface area contributed by atoms with E-state index < -0.39 is 17.3 Å². The zero-order valence-electron chi connectivity index (χ0n) is 17.3. The van der Waals surface area contributed by atoms with Crippen LogP contribution in [0.2, 0.25) is 0 Å². The first-order valence-corrected chi connectivity index (χ1v) is 9.80. The van der Waals surface area contributed by atoms with Gasteiger partial charge >= 0.3 is 6.18 Å². The SMILES string of the molecule is CN(C)CCOc1ccc2c(c1)OC(C)(C)CC2Cc1cccc(C(F)(F)F)c1. The first-order chi connectivity index (χ1) is 13.5. The highest BCUT2D eigenvalue weighted by molar-refractivity contribution is 5.45. The predicted octanol–water partition coefficient (Wildman–Crippen LogP) is 5.53. The Kier molecular flexibility index (Phi) is 6.13. The number of ether oxygens (including phenoxy) is 2. The molecule has 6 heteroatoms. The molecule has 0 spiro atoms. The Hall–Kier alpha value is -2.21. The van der Waals surface area contributed by atoms with Crippen LogP contribution in [0, 0.1) is 0 Å². The third kappa shape index (κ3) is 5.66. The third-order valence-electron chi connectivity index (χ3n) is 5.09. The highest BCUT2D eigenvalue weighted by Crippen LogP contribution is 2.44. The minimum Gasteiger partial charge on any atom is -0.492 e. The van der Waals surface area contributed by atoms with Gasteiger partial charge in [-0.2, -0.15) is 13.2 Å². The summed E-state index contributed by atoms with van der Waals surface area (Å²) in [4.78, 5) is 2.04. The quantitative estimate of drug-likeness (QED) is 0.628. The molecule has 1 aliphatic heterocycles. The van der Waals surface area contributed by atoms with Gasteiger partial charge in [0.2, 0.25) is 0 Å². The molecular formula is C23H28F3NO2. The van der Waals surface area contributed by atoms with Crippen molar-refractivity contribution in [2.75, 3.05) is 27.2 Å².